The largest absolute Gasteiger partial charge is 0.283 e. The molecule has 2 aromatic heterocycles. The van der Waals surface area contributed by atoms with E-state index in [9.17, 15) is 10.1 Å². The molecular weight excluding hydrogens is 374 g/mol. The van der Waals surface area contributed by atoms with E-state index in [2.05, 4.69) is 12.6 Å². The topological polar surface area (TPSA) is 58.7 Å². The van der Waals surface area contributed by atoms with E-state index in [1.165, 1.54) is 28.7 Å². The molecular formula is C21H21N3OS2. The van der Waals surface area contributed by atoms with Gasteiger partial charge in [0.1, 0.15) is 10.1 Å². The van der Waals surface area contributed by atoms with Gasteiger partial charge in [-0.25, -0.2) is 4.98 Å². The molecule has 0 aliphatic heterocycles. The highest BCUT2D eigenvalue weighted by Crippen LogP contribution is 2.30. The fourth-order valence-electron chi connectivity index (χ4n) is 2.87. The molecule has 0 aliphatic carbocycles. The molecule has 138 valence electrons. The average molecular weight is 396 g/mol. The van der Waals surface area contributed by atoms with Gasteiger partial charge in [0.2, 0.25) is 0 Å². The molecule has 0 radical (unpaired) electrons. The summed E-state index contributed by atoms with van der Waals surface area (Å²) in [6.45, 7) is 10.1. The molecule has 0 saturated heterocycles. The SMILES string of the molecule is C=CCn1c(S[C@H](C#N)Cc2ccc(C)cc2)nc2sc(C)c(C)c2c1=O. The van der Waals surface area contributed by atoms with E-state index in [1.807, 2.05) is 45.0 Å². The summed E-state index contributed by atoms with van der Waals surface area (Å²) >= 11 is 2.88. The van der Waals surface area contributed by atoms with Crippen molar-refractivity contribution in [2.75, 3.05) is 0 Å². The van der Waals surface area contributed by atoms with Crippen molar-refractivity contribution < 1.29 is 0 Å². The molecule has 0 spiro atoms. The van der Waals surface area contributed by atoms with Crippen molar-refractivity contribution in [3.05, 3.63) is 68.8 Å². The summed E-state index contributed by atoms with van der Waals surface area (Å²) in [6, 6.07) is 10.5. The molecule has 0 amide bonds. The Bertz CT molecular complexity index is 1090. The van der Waals surface area contributed by atoms with Crippen molar-refractivity contribution in [3.63, 3.8) is 0 Å². The van der Waals surface area contributed by atoms with Gasteiger partial charge >= 0.3 is 0 Å². The normalized spacial score (nSPS) is 12.1. The van der Waals surface area contributed by atoms with Gasteiger partial charge in [0.15, 0.2) is 5.16 Å². The maximum atomic E-state index is 13.0. The first-order valence-electron chi connectivity index (χ1n) is 8.67. The van der Waals surface area contributed by atoms with Crippen LogP contribution in [0.1, 0.15) is 21.6 Å². The van der Waals surface area contributed by atoms with E-state index in [0.29, 0.717) is 23.5 Å². The van der Waals surface area contributed by atoms with Crippen molar-refractivity contribution in [1.82, 2.24) is 9.55 Å². The molecule has 27 heavy (non-hydrogen) atoms. The molecule has 3 aromatic rings. The van der Waals surface area contributed by atoms with Crippen LogP contribution in [0.3, 0.4) is 0 Å². The molecule has 2 heterocycles. The lowest BCUT2D eigenvalue weighted by Gasteiger charge is -2.13. The number of rotatable bonds is 6. The fraction of sp³-hybridized carbons (Fsp3) is 0.286. The lowest BCUT2D eigenvalue weighted by Crippen LogP contribution is -2.23. The number of aryl methyl sites for hydroxylation is 3. The summed E-state index contributed by atoms with van der Waals surface area (Å²) in [4.78, 5) is 19.6. The number of benzene rings is 1. The van der Waals surface area contributed by atoms with Gasteiger partial charge in [-0.15, -0.1) is 17.9 Å². The number of fused-ring (bicyclic) bond motifs is 1. The quantitative estimate of drug-likeness (QED) is 0.342. The summed E-state index contributed by atoms with van der Waals surface area (Å²) in [5.41, 5.74) is 3.21. The van der Waals surface area contributed by atoms with Crippen LogP contribution in [0.5, 0.6) is 0 Å². The van der Waals surface area contributed by atoms with Crippen LogP contribution in [0.15, 0.2) is 46.9 Å². The Hall–Kier alpha value is -2.36. The van der Waals surface area contributed by atoms with Crippen LogP contribution < -0.4 is 5.56 Å². The first-order chi connectivity index (χ1) is 12.9. The van der Waals surface area contributed by atoms with Gasteiger partial charge in [0.05, 0.1) is 11.5 Å². The minimum Gasteiger partial charge on any atom is -0.283 e. The van der Waals surface area contributed by atoms with Crippen LogP contribution in [-0.2, 0) is 13.0 Å². The molecule has 0 N–H and O–H groups in total. The van der Waals surface area contributed by atoms with Gasteiger partial charge in [-0.05, 0) is 38.3 Å². The van der Waals surface area contributed by atoms with Crippen LogP contribution in [0.2, 0.25) is 0 Å². The van der Waals surface area contributed by atoms with Crippen molar-refractivity contribution in [2.45, 2.75) is 44.1 Å². The monoisotopic (exact) mass is 395 g/mol. The third-order valence-corrected chi connectivity index (χ3v) is 6.68. The number of allylic oxidation sites excluding steroid dienone is 1. The van der Waals surface area contributed by atoms with E-state index >= 15 is 0 Å². The van der Waals surface area contributed by atoms with Gasteiger partial charge in [-0.2, -0.15) is 5.26 Å². The fourth-order valence-corrected chi connectivity index (χ4v) is 4.96. The van der Waals surface area contributed by atoms with Gasteiger partial charge in [-0.1, -0.05) is 47.7 Å². The number of thioether (sulfide) groups is 1. The Balaban J connectivity index is 2.00. The number of hydrogen-bond acceptors (Lipinski definition) is 5. The minimum atomic E-state index is -0.324. The number of thiophene rings is 1. The third kappa shape index (κ3) is 4.00. The number of nitrogens with zero attached hydrogens (tertiary/aromatic N) is 3. The molecule has 0 fully saturated rings. The minimum absolute atomic E-state index is 0.0590. The molecule has 4 nitrogen and oxygen atoms in total. The molecule has 0 unspecified atom stereocenters. The average Bonchev–Trinajstić information content (AvgIpc) is 2.93. The summed E-state index contributed by atoms with van der Waals surface area (Å²) in [5.74, 6) is 0. The highest BCUT2D eigenvalue weighted by atomic mass is 32.2. The van der Waals surface area contributed by atoms with Crippen molar-refractivity contribution in [3.8, 4) is 6.07 Å². The lowest BCUT2D eigenvalue weighted by molar-refractivity contribution is 0.671. The second-order valence-electron chi connectivity index (χ2n) is 6.49. The molecule has 0 aliphatic rings. The molecule has 1 aromatic carbocycles. The molecule has 6 heteroatoms. The summed E-state index contributed by atoms with van der Waals surface area (Å²) < 4.78 is 1.62. The second kappa shape index (κ2) is 8.12. The number of nitriles is 1. The molecule has 1 atom stereocenters. The highest BCUT2D eigenvalue weighted by molar-refractivity contribution is 8.00. The maximum Gasteiger partial charge on any atom is 0.263 e. The van der Waals surface area contributed by atoms with Crippen molar-refractivity contribution >= 4 is 33.3 Å². The predicted molar refractivity (Wildman–Crippen MR) is 114 cm³/mol. The Labute approximate surface area is 167 Å². The smallest absolute Gasteiger partial charge is 0.263 e. The van der Waals surface area contributed by atoms with Gasteiger partial charge in [0, 0.05) is 11.4 Å². The van der Waals surface area contributed by atoms with Crippen LogP contribution in [-0.4, -0.2) is 14.8 Å². The molecule has 3 rings (SSSR count). The Morgan fingerprint density at radius 2 is 2.04 bits per heavy atom. The maximum absolute atomic E-state index is 13.0. The second-order valence-corrected chi connectivity index (χ2v) is 8.86. The van der Waals surface area contributed by atoms with Crippen molar-refractivity contribution in [1.29, 1.82) is 5.26 Å². The zero-order valence-corrected chi connectivity index (χ0v) is 17.3. The predicted octanol–water partition coefficient (Wildman–Crippen LogP) is 4.80. The number of aromatic nitrogens is 2. The van der Waals surface area contributed by atoms with E-state index in [0.717, 1.165) is 20.8 Å². The van der Waals surface area contributed by atoms with Crippen LogP contribution in [0.25, 0.3) is 10.2 Å². The first-order valence-corrected chi connectivity index (χ1v) is 10.4. The Kier molecular flexibility index (Phi) is 5.83. The Morgan fingerprint density at radius 1 is 1.33 bits per heavy atom. The zero-order valence-electron chi connectivity index (χ0n) is 15.7. The highest BCUT2D eigenvalue weighted by Gasteiger charge is 2.19. The van der Waals surface area contributed by atoms with Crippen LogP contribution >= 0.6 is 23.1 Å². The van der Waals surface area contributed by atoms with E-state index in [4.69, 9.17) is 4.98 Å². The summed E-state index contributed by atoms with van der Waals surface area (Å²) in [7, 11) is 0. The lowest BCUT2D eigenvalue weighted by atomic mass is 10.1. The van der Waals surface area contributed by atoms with Crippen LogP contribution in [0.4, 0.5) is 0 Å². The van der Waals surface area contributed by atoms with Crippen LogP contribution in [0, 0.1) is 32.1 Å². The standard InChI is InChI=1S/C21H21N3OS2/c1-5-10-24-20(25)18-14(3)15(4)26-19(18)23-21(24)27-17(12-22)11-16-8-6-13(2)7-9-16/h5-9,17H,1,10-11H2,2-4H3/t17-/m0/s1. The van der Waals surface area contributed by atoms with E-state index in [-0.39, 0.29) is 10.8 Å². The van der Waals surface area contributed by atoms with E-state index in [1.54, 1.807) is 10.6 Å². The van der Waals surface area contributed by atoms with Gasteiger partial charge in [-0.3, -0.25) is 9.36 Å². The zero-order chi connectivity index (χ0) is 19.6. The van der Waals surface area contributed by atoms with Gasteiger partial charge < -0.3 is 0 Å². The van der Waals surface area contributed by atoms with Gasteiger partial charge in [0.25, 0.3) is 5.56 Å². The first kappa shape index (κ1) is 19.4. The third-order valence-electron chi connectivity index (χ3n) is 4.50. The molecule has 0 saturated carbocycles. The van der Waals surface area contributed by atoms with E-state index < -0.39 is 0 Å². The summed E-state index contributed by atoms with van der Waals surface area (Å²) in [6.07, 6.45) is 2.29. The Morgan fingerprint density at radius 3 is 2.67 bits per heavy atom. The summed E-state index contributed by atoms with van der Waals surface area (Å²) in [5, 5.41) is 10.6. The number of hydrogen-bond donors (Lipinski definition) is 0. The molecule has 0 bridgehead atoms. The van der Waals surface area contributed by atoms with Crippen molar-refractivity contribution in [2.24, 2.45) is 0 Å².